The van der Waals surface area contributed by atoms with Gasteiger partial charge in [-0.05, 0) is 55.5 Å². The molecule has 4 amide bonds. The van der Waals surface area contributed by atoms with E-state index < -0.39 is 50.9 Å². The molecule has 0 fully saturated rings. The molecular formula is C20H37N5O6S2. The summed E-state index contributed by atoms with van der Waals surface area (Å²) in [4.78, 5) is 63.2. The highest BCUT2D eigenvalue weighted by molar-refractivity contribution is 7.99. The number of ether oxygens (including phenoxy) is 1. The number of hydrogen-bond donors (Lipinski definition) is 6. The predicted octanol–water partition coefficient (Wildman–Crippen LogP) is -0.575. The zero-order chi connectivity index (χ0) is 26.2. The predicted molar refractivity (Wildman–Crippen MR) is 131 cm³/mol. The lowest BCUT2D eigenvalue weighted by Gasteiger charge is -2.34. The van der Waals surface area contributed by atoms with Crippen molar-refractivity contribution >= 4 is 54.9 Å². The number of esters is 1. The Morgan fingerprint density at radius 2 is 1.24 bits per heavy atom. The average molecular weight is 508 g/mol. The van der Waals surface area contributed by atoms with E-state index in [0.717, 1.165) is 0 Å². The average Bonchev–Trinajstić information content (AvgIpc) is 2.64. The van der Waals surface area contributed by atoms with Crippen LogP contribution in [0.3, 0.4) is 0 Å². The minimum atomic E-state index is -1.42. The zero-order valence-corrected chi connectivity index (χ0v) is 22.3. The van der Waals surface area contributed by atoms with Crippen LogP contribution in [0.5, 0.6) is 0 Å². The zero-order valence-electron chi connectivity index (χ0n) is 20.5. The summed E-state index contributed by atoms with van der Waals surface area (Å²) >= 11 is 8.23. The lowest BCUT2D eigenvalue weighted by Crippen LogP contribution is -2.66. The minimum Gasteiger partial charge on any atom is -0.465 e. The second-order valence-electron chi connectivity index (χ2n) is 9.08. The molecule has 0 aromatic carbocycles. The van der Waals surface area contributed by atoms with Crippen LogP contribution >= 0.6 is 25.3 Å². The Labute approximate surface area is 206 Å². The van der Waals surface area contributed by atoms with Gasteiger partial charge in [-0.15, -0.1) is 25.3 Å². The third kappa shape index (κ3) is 10.7. The Morgan fingerprint density at radius 1 is 0.818 bits per heavy atom. The van der Waals surface area contributed by atoms with Crippen LogP contribution in [0.15, 0.2) is 0 Å². The smallest absolute Gasteiger partial charge is 0.325 e. The molecule has 0 aromatic heterocycles. The molecular weight excluding hydrogens is 470 g/mol. The van der Waals surface area contributed by atoms with E-state index in [1.54, 1.807) is 18.9 Å². The Kier molecular flexibility index (Phi) is 11.7. The number of amides is 4. The van der Waals surface area contributed by atoms with Crippen LogP contribution < -0.4 is 21.3 Å². The molecule has 0 rings (SSSR count). The van der Waals surface area contributed by atoms with Gasteiger partial charge in [0.2, 0.25) is 23.6 Å². The van der Waals surface area contributed by atoms with Crippen molar-refractivity contribution in [2.45, 2.75) is 69.8 Å². The largest absolute Gasteiger partial charge is 0.465 e. The number of carbonyl (C=O) groups is 5. The van der Waals surface area contributed by atoms with Gasteiger partial charge in [0.15, 0.2) is 0 Å². The van der Waals surface area contributed by atoms with E-state index in [0.29, 0.717) is 0 Å². The molecule has 190 valence electrons. The van der Waals surface area contributed by atoms with Crippen molar-refractivity contribution in [2.75, 3.05) is 26.7 Å². The molecule has 4 N–H and O–H groups in total. The number of nitrogens with one attached hydrogen (secondary N) is 4. The Bertz CT molecular complexity index is 755. The summed E-state index contributed by atoms with van der Waals surface area (Å²) in [6.45, 7) is 10.3. The van der Waals surface area contributed by atoms with Crippen LogP contribution in [0.2, 0.25) is 0 Å². The van der Waals surface area contributed by atoms with Gasteiger partial charge < -0.3 is 26.0 Å². The molecule has 0 aliphatic carbocycles. The second kappa shape index (κ2) is 12.5. The molecule has 0 aliphatic rings. The van der Waals surface area contributed by atoms with Gasteiger partial charge in [-0.25, -0.2) is 0 Å². The number of carbonyl (C=O) groups excluding carboxylic acids is 5. The summed E-state index contributed by atoms with van der Waals surface area (Å²) in [6, 6.07) is 0. The van der Waals surface area contributed by atoms with E-state index in [-0.39, 0.29) is 19.7 Å². The molecule has 0 aliphatic heterocycles. The maximum atomic E-state index is 12.8. The summed E-state index contributed by atoms with van der Waals surface area (Å²) in [7, 11) is 1.65. The summed E-state index contributed by atoms with van der Waals surface area (Å²) in [6.07, 6.45) is 0. The van der Waals surface area contributed by atoms with E-state index in [1.807, 2.05) is 0 Å². The number of thiol groups is 2. The van der Waals surface area contributed by atoms with Crippen LogP contribution in [0.1, 0.15) is 48.5 Å². The van der Waals surface area contributed by atoms with Gasteiger partial charge in [0, 0.05) is 0 Å². The van der Waals surface area contributed by atoms with Gasteiger partial charge in [-0.3, -0.25) is 28.9 Å². The summed E-state index contributed by atoms with van der Waals surface area (Å²) in [5, 5.41) is 10.2. The fourth-order valence-electron chi connectivity index (χ4n) is 2.33. The van der Waals surface area contributed by atoms with Crippen LogP contribution in [0.25, 0.3) is 0 Å². The van der Waals surface area contributed by atoms with Crippen molar-refractivity contribution in [3.8, 4) is 0 Å². The van der Waals surface area contributed by atoms with E-state index in [9.17, 15) is 24.0 Å². The van der Waals surface area contributed by atoms with Crippen LogP contribution in [-0.2, 0) is 28.7 Å². The van der Waals surface area contributed by atoms with Crippen LogP contribution in [0, 0.1) is 0 Å². The van der Waals surface area contributed by atoms with Gasteiger partial charge in [0.1, 0.15) is 23.2 Å². The lowest BCUT2D eigenvalue weighted by molar-refractivity contribution is -0.144. The van der Waals surface area contributed by atoms with Crippen LogP contribution in [-0.4, -0.2) is 82.6 Å². The van der Waals surface area contributed by atoms with E-state index in [2.05, 4.69) is 46.5 Å². The number of likely N-dealkylation sites (N-methyl/N-ethyl adjacent to an activating group) is 1. The molecule has 0 bridgehead atoms. The number of nitrogens with zero attached hydrogens (tertiary/aromatic N) is 1. The third-order valence-corrected chi connectivity index (χ3v) is 5.28. The Morgan fingerprint density at radius 3 is 1.67 bits per heavy atom. The molecule has 0 radical (unpaired) electrons. The number of hydrogen-bond acceptors (Lipinski definition) is 9. The summed E-state index contributed by atoms with van der Waals surface area (Å²) in [5.74, 6) is -2.87. The first-order chi connectivity index (χ1) is 14.9. The first kappa shape index (κ1) is 31.0. The molecule has 0 aromatic rings. The van der Waals surface area contributed by atoms with Crippen molar-refractivity contribution < 1.29 is 28.7 Å². The molecule has 13 heteroatoms. The molecule has 0 saturated heterocycles. The molecule has 0 atom stereocenters. The van der Waals surface area contributed by atoms with Crippen molar-refractivity contribution in [1.29, 1.82) is 0 Å². The SMILES string of the molecule is CCOC(=O)CNC(=O)C(C)(C)NC(=O)C(C)(C)NC(=O)C(C)(C)NC(=O)CN(C)C(S)S. The van der Waals surface area contributed by atoms with Gasteiger partial charge in [0.25, 0.3) is 0 Å². The van der Waals surface area contributed by atoms with Crippen molar-refractivity contribution in [2.24, 2.45) is 0 Å². The molecule has 11 nitrogen and oxygen atoms in total. The van der Waals surface area contributed by atoms with Gasteiger partial charge in [-0.2, -0.15) is 0 Å². The maximum Gasteiger partial charge on any atom is 0.325 e. The van der Waals surface area contributed by atoms with Crippen LogP contribution in [0.4, 0.5) is 0 Å². The molecule has 33 heavy (non-hydrogen) atoms. The summed E-state index contributed by atoms with van der Waals surface area (Å²) < 4.78 is 4.30. The first-order valence-electron chi connectivity index (χ1n) is 10.3. The highest BCUT2D eigenvalue weighted by Gasteiger charge is 2.40. The Hall–Kier alpha value is -1.99. The quantitative estimate of drug-likeness (QED) is 0.118. The molecule has 0 spiro atoms. The number of rotatable bonds is 12. The van der Waals surface area contributed by atoms with Gasteiger partial charge in [-0.1, -0.05) is 0 Å². The normalized spacial score (nSPS) is 12.2. The second-order valence-corrected chi connectivity index (χ2v) is 10.5. The molecule has 0 saturated carbocycles. The van der Waals surface area contributed by atoms with Gasteiger partial charge in [0.05, 0.1) is 17.9 Å². The fraction of sp³-hybridized carbons (Fsp3) is 0.750. The highest BCUT2D eigenvalue weighted by atomic mass is 32.2. The van der Waals surface area contributed by atoms with E-state index in [1.165, 1.54) is 41.5 Å². The summed E-state index contributed by atoms with van der Waals surface area (Å²) in [5.41, 5.74) is -4.13. The van der Waals surface area contributed by atoms with Crippen molar-refractivity contribution in [3.05, 3.63) is 0 Å². The van der Waals surface area contributed by atoms with Crippen molar-refractivity contribution in [1.82, 2.24) is 26.2 Å². The first-order valence-corrected chi connectivity index (χ1v) is 11.4. The maximum absolute atomic E-state index is 12.8. The monoisotopic (exact) mass is 507 g/mol. The Balaban J connectivity index is 5.06. The topological polar surface area (TPSA) is 146 Å². The van der Waals surface area contributed by atoms with E-state index in [4.69, 9.17) is 4.74 Å². The minimum absolute atomic E-state index is 0.0344. The highest BCUT2D eigenvalue weighted by Crippen LogP contribution is 2.12. The fourth-order valence-corrected chi connectivity index (χ4v) is 2.50. The molecule has 0 heterocycles. The third-order valence-electron chi connectivity index (χ3n) is 4.49. The van der Waals surface area contributed by atoms with Gasteiger partial charge >= 0.3 is 5.97 Å². The van der Waals surface area contributed by atoms with Crippen molar-refractivity contribution in [3.63, 3.8) is 0 Å². The lowest BCUT2D eigenvalue weighted by atomic mass is 9.96. The molecule has 0 unspecified atom stereocenters. The standard InChI is InChI=1S/C20H37N5O6S2/c1-9-31-13(27)10-21-14(28)18(2,3)23-16(30)20(6,7)24-15(29)19(4,5)22-12(26)11-25(8)17(32)33/h17,32-33H,9-11H2,1-8H3,(H,21,28)(H,22,26)(H,23,30)(H,24,29). The van der Waals surface area contributed by atoms with E-state index >= 15 is 0 Å².